The number of rotatable bonds is 3. The van der Waals surface area contributed by atoms with E-state index in [-0.39, 0.29) is 12.1 Å². The Balaban J connectivity index is 1.33. The Hall–Kier alpha value is -2.53. The van der Waals surface area contributed by atoms with Crippen LogP contribution in [0.15, 0.2) is 48.5 Å². The van der Waals surface area contributed by atoms with E-state index in [1.807, 2.05) is 35.2 Å². The first-order chi connectivity index (χ1) is 13.8. The van der Waals surface area contributed by atoms with Gasteiger partial charge in [0.2, 0.25) is 0 Å². The number of morpholine rings is 1. The number of anilines is 1. The van der Waals surface area contributed by atoms with Crippen LogP contribution >= 0.6 is 0 Å². The first kappa shape index (κ1) is 17.6. The number of hydrogen-bond donors (Lipinski definition) is 0. The number of ether oxygens (including phenoxy) is 2. The summed E-state index contributed by atoms with van der Waals surface area (Å²) >= 11 is 0. The van der Waals surface area contributed by atoms with Crippen LogP contribution in [0.5, 0.6) is 0 Å². The molecule has 2 fully saturated rings. The third-order valence-corrected chi connectivity index (χ3v) is 6.29. The van der Waals surface area contributed by atoms with Gasteiger partial charge in [0.25, 0.3) is 0 Å². The number of carbonyl (C=O) groups excluding carboxylic acids is 1. The molecule has 2 atom stereocenters. The molecule has 1 aliphatic carbocycles. The van der Waals surface area contributed by atoms with Crippen molar-refractivity contribution in [2.75, 3.05) is 37.7 Å². The van der Waals surface area contributed by atoms with E-state index in [1.54, 1.807) is 0 Å². The fraction of sp³-hybridized carbons (Fsp3) is 0.435. The number of piperidine rings is 1. The van der Waals surface area contributed by atoms with Crippen molar-refractivity contribution in [3.05, 3.63) is 65.2 Å². The molecule has 2 bridgehead atoms. The van der Waals surface area contributed by atoms with Crippen LogP contribution in [0.25, 0.3) is 0 Å². The smallest absolute Gasteiger partial charge is 0.410 e. The van der Waals surface area contributed by atoms with Crippen LogP contribution in [-0.2, 0) is 16.1 Å². The predicted octanol–water partition coefficient (Wildman–Crippen LogP) is 4.09. The number of nitrogens with zero attached hydrogens (tertiary/aromatic N) is 2. The number of carbonyl (C=O) groups is 1. The average molecular weight is 378 g/mol. The number of fused-ring (bicyclic) bond motifs is 5. The standard InChI is InChI=1S/C23H26N2O3/c26-23(28-16-17-4-2-1-3-5-17)25-9-8-18-14-22(25)21-15-19(6-7-20(18)21)24-10-12-27-13-11-24/h1-7,15,18,22H,8-14,16H2/t18-,22-/m1/s1. The van der Waals surface area contributed by atoms with Crippen LogP contribution in [-0.4, -0.2) is 43.8 Å². The molecule has 5 nitrogen and oxygen atoms in total. The topological polar surface area (TPSA) is 42.0 Å². The Morgan fingerprint density at radius 1 is 1.04 bits per heavy atom. The fourth-order valence-corrected chi connectivity index (χ4v) is 4.80. The van der Waals surface area contributed by atoms with Crippen molar-refractivity contribution in [1.82, 2.24) is 4.90 Å². The van der Waals surface area contributed by atoms with Crippen molar-refractivity contribution >= 4 is 11.8 Å². The van der Waals surface area contributed by atoms with Gasteiger partial charge in [0.15, 0.2) is 0 Å². The highest BCUT2D eigenvalue weighted by Gasteiger charge is 2.41. The van der Waals surface area contributed by atoms with Crippen molar-refractivity contribution in [2.24, 2.45) is 0 Å². The first-order valence-corrected chi connectivity index (χ1v) is 10.2. The van der Waals surface area contributed by atoms with Crippen LogP contribution in [0.1, 0.15) is 41.5 Å². The quantitative estimate of drug-likeness (QED) is 0.807. The fourth-order valence-electron chi connectivity index (χ4n) is 4.80. The van der Waals surface area contributed by atoms with Crippen LogP contribution in [0, 0.1) is 0 Å². The lowest BCUT2D eigenvalue weighted by Gasteiger charge is -2.33. The minimum absolute atomic E-state index is 0.137. The van der Waals surface area contributed by atoms with Gasteiger partial charge in [-0.25, -0.2) is 4.79 Å². The zero-order chi connectivity index (χ0) is 18.9. The largest absolute Gasteiger partial charge is 0.445 e. The minimum atomic E-state index is -0.197. The number of hydrogen-bond acceptors (Lipinski definition) is 4. The highest BCUT2D eigenvalue weighted by Crippen LogP contribution is 2.50. The molecule has 5 heteroatoms. The molecule has 0 saturated carbocycles. The second kappa shape index (κ2) is 7.47. The molecule has 0 aromatic heterocycles. The zero-order valence-electron chi connectivity index (χ0n) is 16.0. The summed E-state index contributed by atoms with van der Waals surface area (Å²) in [7, 11) is 0. The normalized spacial score (nSPS) is 23.4. The zero-order valence-corrected chi connectivity index (χ0v) is 16.0. The average Bonchev–Trinajstić information content (AvgIpc) is 3.05. The summed E-state index contributed by atoms with van der Waals surface area (Å²) in [5.74, 6) is 0.567. The van der Waals surface area contributed by atoms with E-state index in [4.69, 9.17) is 9.47 Å². The van der Waals surface area contributed by atoms with Crippen LogP contribution in [0.3, 0.4) is 0 Å². The molecular weight excluding hydrogens is 352 g/mol. The summed E-state index contributed by atoms with van der Waals surface area (Å²) in [6, 6.07) is 16.8. The van der Waals surface area contributed by atoms with E-state index < -0.39 is 0 Å². The molecule has 2 heterocycles. The molecule has 2 aromatic carbocycles. The van der Waals surface area contributed by atoms with Gasteiger partial charge in [-0.1, -0.05) is 36.4 Å². The third-order valence-electron chi connectivity index (χ3n) is 6.29. The molecule has 5 rings (SSSR count). The maximum atomic E-state index is 12.8. The lowest BCUT2D eigenvalue weighted by molar-refractivity contribution is 0.0694. The van der Waals surface area contributed by atoms with E-state index in [0.29, 0.717) is 12.5 Å². The second-order valence-corrected chi connectivity index (χ2v) is 7.88. The molecule has 2 saturated heterocycles. The first-order valence-electron chi connectivity index (χ1n) is 10.2. The van der Waals surface area contributed by atoms with E-state index in [0.717, 1.165) is 51.3 Å². The van der Waals surface area contributed by atoms with Gasteiger partial charge in [-0.05, 0) is 47.6 Å². The van der Waals surface area contributed by atoms with Gasteiger partial charge in [-0.3, -0.25) is 0 Å². The summed E-state index contributed by atoms with van der Waals surface area (Å²) in [5.41, 5.74) is 4.99. The summed E-state index contributed by atoms with van der Waals surface area (Å²) in [6.45, 7) is 4.51. The summed E-state index contributed by atoms with van der Waals surface area (Å²) in [5, 5.41) is 0. The van der Waals surface area contributed by atoms with Gasteiger partial charge >= 0.3 is 6.09 Å². The van der Waals surface area contributed by atoms with Gasteiger partial charge in [-0.15, -0.1) is 0 Å². The van der Waals surface area contributed by atoms with E-state index in [1.165, 1.54) is 16.8 Å². The second-order valence-electron chi connectivity index (χ2n) is 7.88. The molecule has 0 spiro atoms. The van der Waals surface area contributed by atoms with Crippen LogP contribution in [0.2, 0.25) is 0 Å². The Morgan fingerprint density at radius 3 is 2.68 bits per heavy atom. The van der Waals surface area contributed by atoms with Gasteiger partial charge in [0.1, 0.15) is 6.61 Å². The highest BCUT2D eigenvalue weighted by atomic mass is 16.6. The van der Waals surface area contributed by atoms with Crippen molar-refractivity contribution in [3.63, 3.8) is 0 Å². The maximum absolute atomic E-state index is 12.8. The maximum Gasteiger partial charge on any atom is 0.410 e. The monoisotopic (exact) mass is 378 g/mol. The molecule has 2 aliphatic heterocycles. The Labute approximate surface area is 165 Å². The SMILES string of the molecule is O=C(OCc1ccccc1)N1CC[C@@H]2C[C@@H]1c1cc(N3CCOCC3)ccc12. The van der Waals surface area contributed by atoms with Gasteiger partial charge in [-0.2, -0.15) is 0 Å². The molecule has 0 radical (unpaired) electrons. The minimum Gasteiger partial charge on any atom is -0.445 e. The van der Waals surface area contributed by atoms with E-state index >= 15 is 0 Å². The summed E-state index contributed by atoms with van der Waals surface area (Å²) < 4.78 is 11.1. The molecule has 0 unspecified atom stereocenters. The lowest BCUT2D eigenvalue weighted by atomic mass is 9.96. The molecule has 28 heavy (non-hydrogen) atoms. The van der Waals surface area contributed by atoms with Gasteiger partial charge in [0.05, 0.1) is 19.3 Å². The van der Waals surface area contributed by atoms with Crippen molar-refractivity contribution in [3.8, 4) is 0 Å². The molecule has 2 aromatic rings. The van der Waals surface area contributed by atoms with Crippen molar-refractivity contribution in [1.29, 1.82) is 0 Å². The van der Waals surface area contributed by atoms with Crippen molar-refractivity contribution in [2.45, 2.75) is 31.4 Å². The van der Waals surface area contributed by atoms with E-state index in [2.05, 4.69) is 23.1 Å². The Bertz CT molecular complexity index is 848. The Morgan fingerprint density at radius 2 is 1.86 bits per heavy atom. The number of likely N-dealkylation sites (tertiary alicyclic amines) is 1. The summed E-state index contributed by atoms with van der Waals surface area (Å²) in [6.07, 6.45) is 1.83. The van der Waals surface area contributed by atoms with Gasteiger partial charge < -0.3 is 19.3 Å². The molecule has 0 N–H and O–H groups in total. The summed E-state index contributed by atoms with van der Waals surface area (Å²) in [4.78, 5) is 17.2. The highest BCUT2D eigenvalue weighted by molar-refractivity contribution is 5.70. The van der Waals surface area contributed by atoms with Crippen molar-refractivity contribution < 1.29 is 14.3 Å². The predicted molar refractivity (Wildman–Crippen MR) is 108 cm³/mol. The number of amides is 1. The third kappa shape index (κ3) is 3.24. The number of benzene rings is 2. The molecule has 3 aliphatic rings. The van der Waals surface area contributed by atoms with Gasteiger partial charge in [0, 0.05) is 25.3 Å². The Kier molecular flexibility index (Phi) is 4.69. The van der Waals surface area contributed by atoms with E-state index in [9.17, 15) is 4.79 Å². The van der Waals surface area contributed by atoms with Crippen LogP contribution < -0.4 is 4.90 Å². The lowest BCUT2D eigenvalue weighted by Crippen LogP contribution is -2.38. The van der Waals surface area contributed by atoms with Crippen LogP contribution in [0.4, 0.5) is 10.5 Å². The molecule has 1 amide bonds. The molecule has 146 valence electrons. The molecular formula is C23H26N2O3.